The summed E-state index contributed by atoms with van der Waals surface area (Å²) < 4.78 is 8.13. The first-order valence-corrected chi connectivity index (χ1v) is 9.02. The van der Waals surface area contributed by atoms with Crippen LogP contribution in [0.4, 0.5) is 0 Å². The van der Waals surface area contributed by atoms with Crippen LogP contribution in [0.2, 0.25) is 5.02 Å². The van der Waals surface area contributed by atoms with Crippen LogP contribution < -0.4 is 4.74 Å². The Balaban J connectivity index is 2.13. The minimum absolute atomic E-state index is 0.0516. The summed E-state index contributed by atoms with van der Waals surface area (Å²) in [5.41, 5.74) is 1.48. The van der Waals surface area contributed by atoms with Crippen molar-refractivity contribution in [3.8, 4) is 5.75 Å². The zero-order valence-corrected chi connectivity index (χ0v) is 16.5. The molecule has 1 heterocycles. The first-order chi connectivity index (χ1) is 9.38. The maximum absolute atomic E-state index is 12.1. The van der Waals surface area contributed by atoms with Gasteiger partial charge in [0.25, 0.3) is 0 Å². The maximum Gasteiger partial charge on any atom is 0.202 e. The van der Waals surface area contributed by atoms with E-state index in [4.69, 9.17) is 16.3 Å². The van der Waals surface area contributed by atoms with Gasteiger partial charge in [-0.2, -0.15) is 0 Å². The van der Waals surface area contributed by atoms with Crippen LogP contribution in [0.15, 0.2) is 30.2 Å². The van der Waals surface area contributed by atoms with Crippen LogP contribution in [0.3, 0.4) is 0 Å². The van der Waals surface area contributed by atoms with E-state index < -0.39 is 0 Å². The molecule has 0 bridgehead atoms. The van der Waals surface area contributed by atoms with Gasteiger partial charge < -0.3 is 4.74 Å². The minimum atomic E-state index is -0.0998. The normalized spacial score (nSPS) is 10.7. The number of rotatable bonds is 4. The van der Waals surface area contributed by atoms with Crippen molar-refractivity contribution in [1.82, 2.24) is 0 Å². The molecule has 0 amide bonds. The number of thiophene rings is 1. The highest BCUT2D eigenvalue weighted by molar-refractivity contribution is 9.12. The molecule has 106 valence electrons. The average molecular weight is 503 g/mol. The Labute approximate surface area is 150 Å². The van der Waals surface area contributed by atoms with E-state index >= 15 is 0 Å². The minimum Gasteiger partial charge on any atom is -0.484 e. The Bertz CT molecular complexity index is 647. The van der Waals surface area contributed by atoms with Crippen molar-refractivity contribution in [3.05, 3.63) is 46.4 Å². The third-order valence-electron chi connectivity index (χ3n) is 2.50. The van der Waals surface area contributed by atoms with Crippen molar-refractivity contribution in [2.75, 3.05) is 6.61 Å². The molecule has 0 radical (unpaired) electrons. The SMILES string of the molecule is Cc1cc(Br)cc(Cl)c1OCC(=O)c1cc(Br)sc1Br. The fourth-order valence-corrected chi connectivity index (χ4v) is 5.50. The van der Waals surface area contributed by atoms with Crippen LogP contribution in [0.1, 0.15) is 15.9 Å². The molecule has 0 saturated carbocycles. The van der Waals surface area contributed by atoms with E-state index in [0.29, 0.717) is 16.3 Å². The Morgan fingerprint density at radius 3 is 2.55 bits per heavy atom. The fourth-order valence-electron chi connectivity index (χ4n) is 1.62. The van der Waals surface area contributed by atoms with Crippen LogP contribution in [0.5, 0.6) is 5.75 Å². The number of hydrogen-bond acceptors (Lipinski definition) is 3. The van der Waals surface area contributed by atoms with Crippen LogP contribution in [0.25, 0.3) is 0 Å². The van der Waals surface area contributed by atoms with Gasteiger partial charge in [0, 0.05) is 10.0 Å². The van der Waals surface area contributed by atoms with E-state index in [9.17, 15) is 4.79 Å². The van der Waals surface area contributed by atoms with Crippen molar-refractivity contribution in [3.63, 3.8) is 0 Å². The molecular formula is C13H8Br3ClO2S. The largest absolute Gasteiger partial charge is 0.484 e. The van der Waals surface area contributed by atoms with Gasteiger partial charge in [-0.3, -0.25) is 4.79 Å². The molecule has 0 atom stereocenters. The number of halogens is 4. The Hall–Kier alpha value is 0.120. The molecule has 2 nitrogen and oxygen atoms in total. The van der Waals surface area contributed by atoms with Crippen LogP contribution >= 0.6 is 70.7 Å². The molecule has 0 aliphatic carbocycles. The van der Waals surface area contributed by atoms with E-state index in [2.05, 4.69) is 47.8 Å². The second-order valence-corrected chi connectivity index (χ2v) is 9.06. The number of ether oxygens (including phenoxy) is 1. The van der Waals surface area contributed by atoms with Gasteiger partial charge in [-0.1, -0.05) is 27.5 Å². The Kier molecular flexibility index (Phi) is 5.71. The topological polar surface area (TPSA) is 26.3 Å². The van der Waals surface area contributed by atoms with Crippen molar-refractivity contribution < 1.29 is 9.53 Å². The van der Waals surface area contributed by atoms with Gasteiger partial charge in [0.1, 0.15) is 5.75 Å². The fraction of sp³-hybridized carbons (Fsp3) is 0.154. The molecule has 0 spiro atoms. The number of carbonyl (C=O) groups excluding carboxylic acids is 1. The molecule has 7 heteroatoms. The van der Waals surface area contributed by atoms with Crippen molar-refractivity contribution in [2.45, 2.75) is 6.92 Å². The molecule has 0 unspecified atom stereocenters. The summed E-state index contributed by atoms with van der Waals surface area (Å²) in [6, 6.07) is 5.41. The van der Waals surface area contributed by atoms with E-state index in [1.54, 1.807) is 12.1 Å². The lowest BCUT2D eigenvalue weighted by atomic mass is 10.2. The van der Waals surface area contributed by atoms with Gasteiger partial charge in [-0.25, -0.2) is 0 Å². The quantitative estimate of drug-likeness (QED) is 0.461. The predicted octanol–water partition coefficient (Wildman–Crippen LogP) is 6.26. The van der Waals surface area contributed by atoms with Gasteiger partial charge in [0.2, 0.25) is 5.78 Å². The summed E-state index contributed by atoms with van der Waals surface area (Å²) in [6.07, 6.45) is 0. The molecule has 0 aliphatic heterocycles. The van der Waals surface area contributed by atoms with E-state index in [1.807, 2.05) is 13.0 Å². The lowest BCUT2D eigenvalue weighted by Gasteiger charge is -2.10. The molecule has 0 fully saturated rings. The second-order valence-electron chi connectivity index (χ2n) is 3.98. The number of aryl methyl sites for hydroxylation is 1. The summed E-state index contributed by atoms with van der Waals surface area (Å²) in [5, 5.41) is 0.482. The van der Waals surface area contributed by atoms with Crippen molar-refractivity contribution >= 4 is 76.5 Å². The molecule has 20 heavy (non-hydrogen) atoms. The molecule has 0 saturated heterocycles. The Morgan fingerprint density at radius 2 is 2.00 bits per heavy atom. The highest BCUT2D eigenvalue weighted by atomic mass is 79.9. The lowest BCUT2D eigenvalue weighted by molar-refractivity contribution is 0.0921. The van der Waals surface area contributed by atoms with Crippen molar-refractivity contribution in [1.29, 1.82) is 0 Å². The highest BCUT2D eigenvalue weighted by Gasteiger charge is 2.16. The molecule has 0 N–H and O–H groups in total. The van der Waals surface area contributed by atoms with Gasteiger partial charge in [0.05, 0.1) is 12.6 Å². The lowest BCUT2D eigenvalue weighted by Crippen LogP contribution is -2.12. The highest BCUT2D eigenvalue weighted by Crippen LogP contribution is 2.34. The number of hydrogen-bond donors (Lipinski definition) is 0. The Morgan fingerprint density at radius 1 is 1.30 bits per heavy atom. The number of carbonyl (C=O) groups is 1. The summed E-state index contributed by atoms with van der Waals surface area (Å²) in [7, 11) is 0. The third-order valence-corrected chi connectivity index (χ3v) is 5.58. The molecule has 1 aromatic heterocycles. The standard InChI is InChI=1S/C13H8Br3ClO2S/c1-6-2-7(14)3-9(17)12(6)19-5-10(18)8-4-11(15)20-13(8)16/h2-4H,5H2,1H3. The smallest absolute Gasteiger partial charge is 0.202 e. The summed E-state index contributed by atoms with van der Waals surface area (Å²) in [6.45, 7) is 1.83. The van der Waals surface area contributed by atoms with Gasteiger partial charge in [-0.05, 0) is 62.5 Å². The molecule has 2 rings (SSSR count). The number of ketones is 1. The molecule has 1 aromatic carbocycles. The summed E-state index contributed by atoms with van der Waals surface area (Å²) in [4.78, 5) is 12.1. The monoisotopic (exact) mass is 500 g/mol. The maximum atomic E-state index is 12.1. The van der Waals surface area contributed by atoms with Crippen LogP contribution in [-0.4, -0.2) is 12.4 Å². The average Bonchev–Trinajstić information content (AvgIpc) is 2.66. The molecule has 0 aliphatic rings. The predicted molar refractivity (Wildman–Crippen MR) is 93.4 cm³/mol. The number of Topliss-reactive ketones (excluding diaryl/α,β-unsaturated/α-hetero) is 1. The molecule has 2 aromatic rings. The van der Waals surface area contributed by atoms with E-state index in [0.717, 1.165) is 17.6 Å². The zero-order valence-electron chi connectivity index (χ0n) is 10.2. The summed E-state index contributed by atoms with van der Waals surface area (Å²) in [5.74, 6) is 0.436. The third kappa shape index (κ3) is 3.85. The summed E-state index contributed by atoms with van der Waals surface area (Å²) >= 11 is 17.6. The van der Waals surface area contributed by atoms with E-state index in [-0.39, 0.29) is 12.4 Å². The van der Waals surface area contributed by atoms with Gasteiger partial charge >= 0.3 is 0 Å². The zero-order chi connectivity index (χ0) is 14.9. The number of benzene rings is 1. The second kappa shape index (κ2) is 6.92. The molecular weight excluding hydrogens is 495 g/mol. The van der Waals surface area contributed by atoms with Crippen LogP contribution in [-0.2, 0) is 0 Å². The van der Waals surface area contributed by atoms with Gasteiger partial charge in [0.15, 0.2) is 6.61 Å². The van der Waals surface area contributed by atoms with E-state index in [1.165, 1.54) is 11.3 Å². The van der Waals surface area contributed by atoms with Gasteiger partial charge in [-0.15, -0.1) is 11.3 Å². The van der Waals surface area contributed by atoms with Crippen molar-refractivity contribution in [2.24, 2.45) is 0 Å². The first-order valence-electron chi connectivity index (χ1n) is 5.45. The van der Waals surface area contributed by atoms with Crippen LogP contribution in [0, 0.1) is 6.92 Å². The first kappa shape index (κ1) is 16.5.